The van der Waals surface area contributed by atoms with Gasteiger partial charge in [-0.15, -0.1) is 0 Å². The Kier molecular flexibility index (Phi) is 2.19. The van der Waals surface area contributed by atoms with Crippen LogP contribution in [0.1, 0.15) is 10.5 Å². The number of benzene rings is 1. The van der Waals surface area contributed by atoms with Crippen molar-refractivity contribution < 1.29 is 9.18 Å². The lowest BCUT2D eigenvalue weighted by atomic mass is 10.2. The fourth-order valence-corrected chi connectivity index (χ4v) is 1.48. The predicted octanol–water partition coefficient (Wildman–Crippen LogP) is 2.01. The molecule has 78 valence electrons. The standard InChI is InChI=1S/C11H11FN2O/c1-14(2)11(15)9-6-7-4-3-5-8(12)10(7)13-9/h3-6,13H,1-2H3. The first-order chi connectivity index (χ1) is 7.09. The summed E-state index contributed by atoms with van der Waals surface area (Å²) in [5.41, 5.74) is 0.780. The summed E-state index contributed by atoms with van der Waals surface area (Å²) < 4.78 is 13.3. The molecule has 1 N–H and O–H groups in total. The van der Waals surface area contributed by atoms with E-state index in [0.29, 0.717) is 16.6 Å². The van der Waals surface area contributed by atoms with Crippen LogP contribution in [0.15, 0.2) is 24.3 Å². The molecule has 15 heavy (non-hydrogen) atoms. The van der Waals surface area contributed by atoms with E-state index in [2.05, 4.69) is 4.98 Å². The van der Waals surface area contributed by atoms with Crippen LogP contribution in [0.3, 0.4) is 0 Å². The van der Waals surface area contributed by atoms with E-state index in [-0.39, 0.29) is 11.7 Å². The van der Waals surface area contributed by atoms with Crippen molar-refractivity contribution in [3.05, 3.63) is 35.8 Å². The van der Waals surface area contributed by atoms with Crippen LogP contribution in [0.2, 0.25) is 0 Å². The van der Waals surface area contributed by atoms with Gasteiger partial charge in [-0.25, -0.2) is 4.39 Å². The molecule has 4 heteroatoms. The van der Waals surface area contributed by atoms with Gasteiger partial charge in [0.25, 0.3) is 5.91 Å². The van der Waals surface area contributed by atoms with E-state index in [9.17, 15) is 9.18 Å². The van der Waals surface area contributed by atoms with Crippen molar-refractivity contribution >= 4 is 16.8 Å². The Hall–Kier alpha value is -1.84. The van der Waals surface area contributed by atoms with Crippen LogP contribution in [-0.2, 0) is 0 Å². The van der Waals surface area contributed by atoms with Crippen LogP contribution in [0.4, 0.5) is 4.39 Å². The average Bonchev–Trinajstić information content (AvgIpc) is 2.61. The summed E-state index contributed by atoms with van der Waals surface area (Å²) in [6.07, 6.45) is 0. The van der Waals surface area contributed by atoms with E-state index in [1.165, 1.54) is 11.0 Å². The molecule has 0 fully saturated rings. The van der Waals surface area contributed by atoms with Gasteiger partial charge in [0.2, 0.25) is 0 Å². The maximum absolute atomic E-state index is 13.3. The molecule has 1 amide bonds. The Bertz CT molecular complexity index is 516. The molecule has 0 aliphatic heterocycles. The zero-order chi connectivity index (χ0) is 11.0. The Morgan fingerprint density at radius 1 is 1.40 bits per heavy atom. The van der Waals surface area contributed by atoms with E-state index in [1.54, 1.807) is 32.3 Å². The smallest absolute Gasteiger partial charge is 0.269 e. The first kappa shape index (κ1) is 9.71. The second kappa shape index (κ2) is 3.38. The molecule has 0 bridgehead atoms. The number of halogens is 1. The monoisotopic (exact) mass is 206 g/mol. The summed E-state index contributed by atoms with van der Waals surface area (Å²) in [7, 11) is 3.31. The number of rotatable bonds is 1. The largest absolute Gasteiger partial charge is 0.348 e. The Balaban J connectivity index is 2.57. The summed E-state index contributed by atoms with van der Waals surface area (Å²) in [6, 6.07) is 6.40. The quantitative estimate of drug-likeness (QED) is 0.761. The van der Waals surface area contributed by atoms with Gasteiger partial charge in [-0.2, -0.15) is 0 Å². The fourth-order valence-electron chi connectivity index (χ4n) is 1.48. The second-order valence-electron chi connectivity index (χ2n) is 3.59. The summed E-state index contributed by atoms with van der Waals surface area (Å²) in [5, 5.41) is 0.709. The Labute approximate surface area is 86.5 Å². The van der Waals surface area contributed by atoms with Crippen molar-refractivity contribution in [1.29, 1.82) is 0 Å². The van der Waals surface area contributed by atoms with Crippen LogP contribution in [0.25, 0.3) is 10.9 Å². The van der Waals surface area contributed by atoms with Gasteiger partial charge in [0.1, 0.15) is 11.5 Å². The SMILES string of the molecule is CN(C)C(=O)c1cc2cccc(F)c2[nH]1. The lowest BCUT2D eigenvalue weighted by molar-refractivity contribution is 0.0823. The highest BCUT2D eigenvalue weighted by Crippen LogP contribution is 2.18. The van der Waals surface area contributed by atoms with E-state index in [1.807, 2.05) is 0 Å². The van der Waals surface area contributed by atoms with Crippen LogP contribution in [-0.4, -0.2) is 29.9 Å². The van der Waals surface area contributed by atoms with E-state index in [0.717, 1.165) is 0 Å². The number of fused-ring (bicyclic) bond motifs is 1. The first-order valence-electron chi connectivity index (χ1n) is 4.58. The number of carbonyl (C=O) groups excluding carboxylic acids is 1. The molecule has 0 saturated heterocycles. The third-order valence-electron chi connectivity index (χ3n) is 2.24. The van der Waals surface area contributed by atoms with Crippen LogP contribution < -0.4 is 0 Å². The van der Waals surface area contributed by atoms with Gasteiger partial charge in [-0.1, -0.05) is 12.1 Å². The molecule has 0 aliphatic rings. The molecule has 2 rings (SSSR count). The van der Waals surface area contributed by atoms with Gasteiger partial charge in [-0.05, 0) is 12.1 Å². The van der Waals surface area contributed by atoms with Crippen LogP contribution in [0, 0.1) is 5.82 Å². The third-order valence-corrected chi connectivity index (χ3v) is 2.24. The summed E-state index contributed by atoms with van der Waals surface area (Å²) in [6.45, 7) is 0. The summed E-state index contributed by atoms with van der Waals surface area (Å²) >= 11 is 0. The van der Waals surface area contributed by atoms with Crippen LogP contribution in [0.5, 0.6) is 0 Å². The normalized spacial score (nSPS) is 10.6. The van der Waals surface area contributed by atoms with Gasteiger partial charge >= 0.3 is 0 Å². The maximum atomic E-state index is 13.3. The summed E-state index contributed by atoms with van der Waals surface area (Å²) in [5.74, 6) is -0.504. The molecule has 0 unspecified atom stereocenters. The molecule has 3 nitrogen and oxygen atoms in total. The average molecular weight is 206 g/mol. The number of hydrogen-bond acceptors (Lipinski definition) is 1. The number of para-hydroxylation sites is 1. The number of nitrogens with one attached hydrogen (secondary N) is 1. The lowest BCUT2D eigenvalue weighted by Crippen LogP contribution is -2.21. The molecule has 1 aromatic carbocycles. The maximum Gasteiger partial charge on any atom is 0.269 e. The Morgan fingerprint density at radius 2 is 2.13 bits per heavy atom. The van der Waals surface area contributed by atoms with Crippen molar-refractivity contribution in [3.63, 3.8) is 0 Å². The zero-order valence-electron chi connectivity index (χ0n) is 8.54. The minimum absolute atomic E-state index is 0.161. The number of aromatic nitrogens is 1. The van der Waals surface area contributed by atoms with Gasteiger partial charge in [0.05, 0.1) is 5.52 Å². The first-order valence-corrected chi connectivity index (χ1v) is 4.58. The van der Waals surface area contributed by atoms with Gasteiger partial charge in [0, 0.05) is 19.5 Å². The van der Waals surface area contributed by atoms with Crippen molar-refractivity contribution in [3.8, 4) is 0 Å². The van der Waals surface area contributed by atoms with Crippen molar-refractivity contribution in [2.24, 2.45) is 0 Å². The van der Waals surface area contributed by atoms with E-state index < -0.39 is 0 Å². The third kappa shape index (κ3) is 1.58. The van der Waals surface area contributed by atoms with Gasteiger partial charge in [-0.3, -0.25) is 4.79 Å². The van der Waals surface area contributed by atoms with Crippen molar-refractivity contribution in [2.45, 2.75) is 0 Å². The number of amides is 1. The lowest BCUT2D eigenvalue weighted by Gasteiger charge is -2.07. The van der Waals surface area contributed by atoms with E-state index >= 15 is 0 Å². The second-order valence-corrected chi connectivity index (χ2v) is 3.59. The molecule has 0 radical (unpaired) electrons. The number of H-pyrrole nitrogens is 1. The topological polar surface area (TPSA) is 36.1 Å². The minimum Gasteiger partial charge on any atom is -0.348 e. The highest BCUT2D eigenvalue weighted by molar-refractivity contribution is 5.97. The number of carbonyl (C=O) groups is 1. The van der Waals surface area contributed by atoms with Crippen molar-refractivity contribution in [2.75, 3.05) is 14.1 Å². The number of nitrogens with zero attached hydrogens (tertiary/aromatic N) is 1. The molecule has 0 aliphatic carbocycles. The van der Waals surface area contributed by atoms with Crippen molar-refractivity contribution in [1.82, 2.24) is 9.88 Å². The Morgan fingerprint density at radius 3 is 2.73 bits per heavy atom. The highest BCUT2D eigenvalue weighted by Gasteiger charge is 2.12. The van der Waals surface area contributed by atoms with Gasteiger partial charge in [0.15, 0.2) is 0 Å². The number of hydrogen-bond donors (Lipinski definition) is 1. The fraction of sp³-hybridized carbons (Fsp3) is 0.182. The predicted molar refractivity (Wildman–Crippen MR) is 56.3 cm³/mol. The molecule has 1 aromatic heterocycles. The molecule has 1 heterocycles. The van der Waals surface area contributed by atoms with E-state index in [4.69, 9.17) is 0 Å². The molecule has 2 aromatic rings. The van der Waals surface area contributed by atoms with Crippen LogP contribution >= 0.6 is 0 Å². The number of aromatic amines is 1. The molecular weight excluding hydrogens is 195 g/mol. The minimum atomic E-state index is -0.342. The molecular formula is C11H11FN2O. The summed E-state index contributed by atoms with van der Waals surface area (Å²) in [4.78, 5) is 15.8. The zero-order valence-corrected chi connectivity index (χ0v) is 8.54. The molecule has 0 atom stereocenters. The highest BCUT2D eigenvalue weighted by atomic mass is 19.1. The van der Waals surface area contributed by atoms with Gasteiger partial charge < -0.3 is 9.88 Å². The molecule has 0 saturated carbocycles. The molecule has 0 spiro atoms.